The van der Waals surface area contributed by atoms with Crippen molar-refractivity contribution in [2.24, 2.45) is 0 Å². The second kappa shape index (κ2) is 6.66. The minimum Gasteiger partial charge on any atom is -0.492 e. The van der Waals surface area contributed by atoms with E-state index in [1.807, 2.05) is 0 Å². The Bertz CT molecular complexity index is 793. The van der Waals surface area contributed by atoms with Crippen molar-refractivity contribution in [1.29, 1.82) is 0 Å². The van der Waals surface area contributed by atoms with Crippen molar-refractivity contribution in [2.45, 2.75) is 18.7 Å². The molecule has 0 saturated heterocycles. The van der Waals surface area contributed by atoms with Gasteiger partial charge in [0.25, 0.3) is 10.0 Å². The van der Waals surface area contributed by atoms with Crippen LogP contribution in [0, 0.1) is 12.7 Å². The van der Waals surface area contributed by atoms with Crippen molar-refractivity contribution < 1.29 is 17.5 Å². The third kappa shape index (κ3) is 3.78. The van der Waals surface area contributed by atoms with Gasteiger partial charge in [0.15, 0.2) is 0 Å². The molecule has 1 N–H and O–H groups in total. The smallest absolute Gasteiger partial charge is 0.265 e. The average molecular weight is 388 g/mol. The van der Waals surface area contributed by atoms with E-state index in [-0.39, 0.29) is 16.3 Å². The first-order valence-electron chi connectivity index (χ1n) is 6.55. The number of sulfonamides is 1. The first-order chi connectivity index (χ1) is 10.3. The van der Waals surface area contributed by atoms with E-state index in [9.17, 15) is 12.8 Å². The lowest BCUT2D eigenvalue weighted by Gasteiger charge is -2.14. The van der Waals surface area contributed by atoms with Crippen molar-refractivity contribution in [2.75, 3.05) is 11.3 Å². The maximum Gasteiger partial charge on any atom is 0.265 e. The number of hydrogen-bond acceptors (Lipinski definition) is 3. The van der Waals surface area contributed by atoms with E-state index in [2.05, 4.69) is 20.7 Å². The molecular weight excluding hydrogens is 373 g/mol. The monoisotopic (exact) mass is 387 g/mol. The molecule has 0 atom stereocenters. The van der Waals surface area contributed by atoms with Crippen LogP contribution in [0.25, 0.3) is 0 Å². The molecule has 118 valence electrons. The van der Waals surface area contributed by atoms with Crippen molar-refractivity contribution >= 4 is 31.6 Å². The summed E-state index contributed by atoms with van der Waals surface area (Å²) in [7, 11) is -3.90. The maximum absolute atomic E-state index is 13.3. The molecule has 0 fully saturated rings. The maximum atomic E-state index is 13.3. The van der Waals surface area contributed by atoms with Crippen LogP contribution in [0.4, 0.5) is 10.1 Å². The van der Waals surface area contributed by atoms with Gasteiger partial charge in [-0.2, -0.15) is 0 Å². The highest BCUT2D eigenvalue weighted by atomic mass is 79.9. The van der Waals surface area contributed by atoms with E-state index in [1.54, 1.807) is 26.0 Å². The molecule has 22 heavy (non-hydrogen) atoms. The molecule has 2 rings (SSSR count). The fraction of sp³-hybridized carbons (Fsp3) is 0.200. The first kappa shape index (κ1) is 16.8. The van der Waals surface area contributed by atoms with E-state index < -0.39 is 15.8 Å². The number of ether oxygens (including phenoxy) is 1. The molecule has 0 bridgehead atoms. The van der Waals surface area contributed by atoms with Gasteiger partial charge in [-0.1, -0.05) is 22.0 Å². The highest BCUT2D eigenvalue weighted by Crippen LogP contribution is 2.30. The van der Waals surface area contributed by atoms with Gasteiger partial charge in [0.2, 0.25) is 0 Å². The largest absolute Gasteiger partial charge is 0.492 e. The Morgan fingerprint density at radius 3 is 2.64 bits per heavy atom. The van der Waals surface area contributed by atoms with Crippen LogP contribution in [0.2, 0.25) is 0 Å². The van der Waals surface area contributed by atoms with E-state index >= 15 is 0 Å². The quantitative estimate of drug-likeness (QED) is 0.839. The van der Waals surface area contributed by atoms with Gasteiger partial charge in [-0.3, -0.25) is 4.72 Å². The summed E-state index contributed by atoms with van der Waals surface area (Å²) in [5, 5.41) is 0. The molecule has 0 saturated carbocycles. The van der Waals surface area contributed by atoms with Crippen LogP contribution in [0.3, 0.4) is 0 Å². The van der Waals surface area contributed by atoms with Gasteiger partial charge in [0.1, 0.15) is 16.5 Å². The predicted molar refractivity (Wildman–Crippen MR) is 87.3 cm³/mol. The van der Waals surface area contributed by atoms with Gasteiger partial charge >= 0.3 is 0 Å². The summed E-state index contributed by atoms with van der Waals surface area (Å²) >= 11 is 3.24. The molecule has 0 aliphatic rings. The topological polar surface area (TPSA) is 55.4 Å². The zero-order valence-corrected chi connectivity index (χ0v) is 14.5. The average Bonchev–Trinajstić information content (AvgIpc) is 2.45. The third-order valence-corrected chi connectivity index (χ3v) is 4.82. The summed E-state index contributed by atoms with van der Waals surface area (Å²) in [4.78, 5) is -0.00705. The van der Waals surface area contributed by atoms with Crippen molar-refractivity contribution in [1.82, 2.24) is 0 Å². The number of benzene rings is 2. The lowest BCUT2D eigenvalue weighted by atomic mass is 10.2. The molecule has 0 radical (unpaired) electrons. The van der Waals surface area contributed by atoms with Crippen LogP contribution in [0.5, 0.6) is 5.75 Å². The molecule has 2 aromatic rings. The summed E-state index contributed by atoms with van der Waals surface area (Å²) in [5.41, 5.74) is 0.820. The summed E-state index contributed by atoms with van der Waals surface area (Å²) in [6.07, 6.45) is 0. The fourth-order valence-electron chi connectivity index (χ4n) is 1.87. The Balaban J connectivity index is 2.46. The minimum atomic E-state index is -3.90. The van der Waals surface area contributed by atoms with Crippen LogP contribution < -0.4 is 9.46 Å². The molecule has 7 heteroatoms. The zero-order valence-electron chi connectivity index (χ0n) is 12.1. The summed E-state index contributed by atoms with van der Waals surface area (Å²) < 4.78 is 46.8. The molecule has 0 heterocycles. The number of rotatable bonds is 5. The Morgan fingerprint density at radius 1 is 1.23 bits per heavy atom. The molecule has 0 unspecified atom stereocenters. The molecule has 2 aromatic carbocycles. The van der Waals surface area contributed by atoms with Gasteiger partial charge in [-0.25, -0.2) is 12.8 Å². The number of hydrogen-bond donors (Lipinski definition) is 1. The number of aryl methyl sites for hydroxylation is 1. The predicted octanol–water partition coefficient (Wildman–Crippen LogP) is 4.10. The Morgan fingerprint density at radius 2 is 1.95 bits per heavy atom. The summed E-state index contributed by atoms with van der Waals surface area (Å²) in [6.45, 7) is 3.80. The molecule has 4 nitrogen and oxygen atoms in total. The lowest BCUT2D eigenvalue weighted by molar-refractivity contribution is 0.331. The Hall–Kier alpha value is -1.60. The normalized spacial score (nSPS) is 11.3. The van der Waals surface area contributed by atoms with Crippen molar-refractivity contribution in [3.05, 3.63) is 52.3 Å². The van der Waals surface area contributed by atoms with Gasteiger partial charge in [0.05, 0.1) is 12.3 Å². The van der Waals surface area contributed by atoms with Crippen LogP contribution in [-0.2, 0) is 10.0 Å². The first-order valence-corrected chi connectivity index (χ1v) is 8.82. The minimum absolute atomic E-state index is 0.00705. The third-order valence-electron chi connectivity index (χ3n) is 2.94. The van der Waals surface area contributed by atoms with E-state index in [0.29, 0.717) is 16.6 Å². The molecule has 0 spiro atoms. The summed E-state index contributed by atoms with van der Waals surface area (Å²) in [5.74, 6) is -0.269. The molecule has 0 aliphatic heterocycles. The van der Waals surface area contributed by atoms with Crippen LogP contribution in [-0.4, -0.2) is 15.0 Å². The highest BCUT2D eigenvalue weighted by Gasteiger charge is 2.21. The van der Waals surface area contributed by atoms with Crippen LogP contribution >= 0.6 is 15.9 Å². The van der Waals surface area contributed by atoms with Gasteiger partial charge in [-0.15, -0.1) is 0 Å². The van der Waals surface area contributed by atoms with Gasteiger partial charge in [-0.05, 0) is 49.7 Å². The highest BCUT2D eigenvalue weighted by molar-refractivity contribution is 9.10. The SMILES string of the molecule is CCOc1ccc(Br)cc1S(=O)(=O)Nc1cc(F)ccc1C. The number of anilines is 1. The Kier molecular flexibility index (Phi) is 5.08. The van der Waals surface area contributed by atoms with Gasteiger partial charge < -0.3 is 4.74 Å². The molecular formula is C15H15BrFNO3S. The van der Waals surface area contributed by atoms with E-state index in [0.717, 1.165) is 6.07 Å². The second-order valence-electron chi connectivity index (χ2n) is 4.59. The number of nitrogens with one attached hydrogen (secondary N) is 1. The lowest BCUT2D eigenvalue weighted by Crippen LogP contribution is -2.15. The zero-order chi connectivity index (χ0) is 16.3. The standard InChI is InChI=1S/C15H15BrFNO3S/c1-3-21-14-7-5-11(16)8-15(14)22(19,20)18-13-9-12(17)6-4-10(13)2/h4-9,18H,3H2,1-2H3. The second-order valence-corrected chi connectivity index (χ2v) is 7.16. The van der Waals surface area contributed by atoms with Crippen LogP contribution in [0.1, 0.15) is 12.5 Å². The van der Waals surface area contributed by atoms with Gasteiger partial charge in [0, 0.05) is 4.47 Å². The van der Waals surface area contributed by atoms with E-state index in [4.69, 9.17) is 4.74 Å². The number of halogens is 2. The molecule has 0 aliphatic carbocycles. The fourth-order valence-corrected chi connectivity index (χ4v) is 3.68. The summed E-state index contributed by atoms with van der Waals surface area (Å²) in [6, 6.07) is 8.64. The Labute approximate surface area is 137 Å². The van der Waals surface area contributed by atoms with Crippen molar-refractivity contribution in [3.63, 3.8) is 0 Å². The van der Waals surface area contributed by atoms with E-state index in [1.165, 1.54) is 18.2 Å². The van der Waals surface area contributed by atoms with Crippen molar-refractivity contribution in [3.8, 4) is 5.75 Å². The molecule has 0 amide bonds. The molecule has 0 aromatic heterocycles. The van der Waals surface area contributed by atoms with Crippen LogP contribution in [0.15, 0.2) is 45.8 Å².